The molecule has 25 heavy (non-hydrogen) atoms. The van der Waals surface area contributed by atoms with Gasteiger partial charge in [-0.05, 0) is 23.8 Å². The van der Waals surface area contributed by atoms with Crippen LogP contribution in [0.1, 0.15) is 11.1 Å². The highest BCUT2D eigenvalue weighted by Gasteiger charge is 2.13. The zero-order chi connectivity index (χ0) is 18.2. The zero-order valence-corrected chi connectivity index (χ0v) is 14.3. The highest BCUT2D eigenvalue weighted by Crippen LogP contribution is 2.38. The Balaban J connectivity index is 2.07. The molecule has 2 aromatic rings. The predicted octanol–water partition coefficient (Wildman–Crippen LogP) is 3.60. The second kappa shape index (κ2) is 9.08. The van der Waals surface area contributed by atoms with Crippen molar-refractivity contribution in [3.8, 4) is 23.0 Å². The molecule has 0 saturated carbocycles. The summed E-state index contributed by atoms with van der Waals surface area (Å²) in [4.78, 5) is 0. The summed E-state index contributed by atoms with van der Waals surface area (Å²) in [7, 11) is 4.64. The first kappa shape index (κ1) is 18.8. The maximum Gasteiger partial charge on any atom is 0.387 e. The Morgan fingerprint density at radius 3 is 2.08 bits per heavy atom. The smallest absolute Gasteiger partial charge is 0.387 e. The molecule has 0 saturated heterocycles. The van der Waals surface area contributed by atoms with Crippen molar-refractivity contribution in [2.75, 3.05) is 21.3 Å². The van der Waals surface area contributed by atoms with Crippen LogP contribution in [-0.2, 0) is 13.1 Å². The molecule has 2 rings (SSSR count). The highest BCUT2D eigenvalue weighted by atomic mass is 19.3. The van der Waals surface area contributed by atoms with E-state index in [2.05, 4.69) is 10.1 Å². The number of halogens is 2. The number of rotatable bonds is 9. The van der Waals surface area contributed by atoms with E-state index in [4.69, 9.17) is 14.2 Å². The molecular formula is C18H21F2NO4. The molecule has 0 amide bonds. The highest BCUT2D eigenvalue weighted by molar-refractivity contribution is 5.53. The molecule has 0 fully saturated rings. The Morgan fingerprint density at radius 1 is 0.880 bits per heavy atom. The molecule has 0 aliphatic heterocycles. The van der Waals surface area contributed by atoms with Crippen LogP contribution in [0.15, 0.2) is 36.4 Å². The zero-order valence-electron chi connectivity index (χ0n) is 14.3. The van der Waals surface area contributed by atoms with E-state index in [9.17, 15) is 8.78 Å². The molecule has 136 valence electrons. The Labute approximate surface area is 145 Å². The molecule has 0 unspecified atom stereocenters. The third-order valence-corrected chi connectivity index (χ3v) is 3.56. The van der Waals surface area contributed by atoms with Gasteiger partial charge in [0.25, 0.3) is 0 Å². The van der Waals surface area contributed by atoms with Crippen molar-refractivity contribution in [1.82, 2.24) is 5.32 Å². The number of ether oxygens (including phenoxy) is 4. The van der Waals surface area contributed by atoms with Gasteiger partial charge in [0.05, 0.1) is 21.3 Å². The second-order valence-corrected chi connectivity index (χ2v) is 5.12. The maximum atomic E-state index is 12.4. The molecule has 2 aromatic carbocycles. The van der Waals surface area contributed by atoms with Crippen LogP contribution in [0, 0.1) is 0 Å². The number of benzene rings is 2. The van der Waals surface area contributed by atoms with Gasteiger partial charge in [0.15, 0.2) is 11.5 Å². The van der Waals surface area contributed by atoms with Gasteiger partial charge < -0.3 is 24.3 Å². The number of hydrogen-bond acceptors (Lipinski definition) is 5. The van der Waals surface area contributed by atoms with Crippen molar-refractivity contribution in [3.63, 3.8) is 0 Å². The molecule has 5 nitrogen and oxygen atoms in total. The topological polar surface area (TPSA) is 49.0 Å². The normalized spacial score (nSPS) is 10.6. The minimum absolute atomic E-state index is 0.162. The molecule has 7 heteroatoms. The Kier molecular flexibility index (Phi) is 6.82. The van der Waals surface area contributed by atoms with Crippen LogP contribution in [-0.4, -0.2) is 27.9 Å². The van der Waals surface area contributed by atoms with Crippen molar-refractivity contribution in [1.29, 1.82) is 0 Å². The quantitative estimate of drug-likeness (QED) is 0.746. The van der Waals surface area contributed by atoms with Gasteiger partial charge in [-0.15, -0.1) is 0 Å². The Bertz CT molecular complexity index is 670. The Hall–Kier alpha value is -2.54. The lowest BCUT2D eigenvalue weighted by Gasteiger charge is -2.15. The van der Waals surface area contributed by atoms with Gasteiger partial charge in [-0.25, -0.2) is 0 Å². The van der Waals surface area contributed by atoms with E-state index in [1.54, 1.807) is 32.4 Å². The number of methoxy groups -OCH3 is 3. The van der Waals surface area contributed by atoms with Crippen LogP contribution in [0.5, 0.6) is 23.0 Å². The fraction of sp³-hybridized carbons (Fsp3) is 0.333. The molecule has 0 bridgehead atoms. The summed E-state index contributed by atoms with van der Waals surface area (Å²) in [5.41, 5.74) is 1.55. The molecule has 0 heterocycles. The van der Waals surface area contributed by atoms with Crippen molar-refractivity contribution < 1.29 is 27.7 Å². The van der Waals surface area contributed by atoms with Gasteiger partial charge in [0.2, 0.25) is 5.75 Å². The number of para-hydroxylation sites is 1. The van der Waals surface area contributed by atoms with E-state index < -0.39 is 6.61 Å². The van der Waals surface area contributed by atoms with Gasteiger partial charge >= 0.3 is 6.61 Å². The number of hydrogen-bond donors (Lipinski definition) is 1. The van der Waals surface area contributed by atoms with Crippen LogP contribution in [0.3, 0.4) is 0 Å². The molecule has 1 N–H and O–H groups in total. The first-order valence-electron chi connectivity index (χ1n) is 7.61. The van der Waals surface area contributed by atoms with Gasteiger partial charge in [0, 0.05) is 18.7 Å². The van der Waals surface area contributed by atoms with E-state index in [1.165, 1.54) is 13.2 Å². The third-order valence-electron chi connectivity index (χ3n) is 3.56. The standard InChI is InChI=1S/C18H21F2NO4/c1-22-15-8-12(9-16(23-2)17(15)24-3)10-21-11-13-6-4-5-7-14(13)25-18(19)20/h4-9,18,21H,10-11H2,1-3H3. The lowest BCUT2D eigenvalue weighted by molar-refractivity contribution is -0.0505. The van der Waals surface area contributed by atoms with E-state index in [-0.39, 0.29) is 5.75 Å². The minimum Gasteiger partial charge on any atom is -0.493 e. The molecule has 0 radical (unpaired) electrons. The molecule has 0 spiro atoms. The van der Waals surface area contributed by atoms with Crippen LogP contribution in [0.25, 0.3) is 0 Å². The lowest BCUT2D eigenvalue weighted by Crippen LogP contribution is -2.14. The summed E-state index contributed by atoms with van der Waals surface area (Å²) in [6.45, 7) is -1.99. The van der Waals surface area contributed by atoms with Gasteiger partial charge in [-0.1, -0.05) is 18.2 Å². The van der Waals surface area contributed by atoms with Gasteiger partial charge in [-0.3, -0.25) is 0 Å². The maximum absolute atomic E-state index is 12.4. The van der Waals surface area contributed by atoms with E-state index >= 15 is 0 Å². The van der Waals surface area contributed by atoms with Crippen molar-refractivity contribution in [3.05, 3.63) is 47.5 Å². The summed E-state index contributed by atoms with van der Waals surface area (Å²) in [5.74, 6) is 1.79. The van der Waals surface area contributed by atoms with Crippen LogP contribution in [0.2, 0.25) is 0 Å². The minimum atomic E-state index is -2.85. The third kappa shape index (κ3) is 4.96. The van der Waals surface area contributed by atoms with E-state index in [1.807, 2.05) is 12.1 Å². The van der Waals surface area contributed by atoms with Gasteiger partial charge in [0.1, 0.15) is 5.75 Å². The largest absolute Gasteiger partial charge is 0.493 e. The monoisotopic (exact) mass is 353 g/mol. The van der Waals surface area contributed by atoms with E-state index in [0.29, 0.717) is 35.9 Å². The Morgan fingerprint density at radius 2 is 1.52 bits per heavy atom. The molecule has 0 aliphatic carbocycles. The number of alkyl halides is 2. The molecule has 0 aliphatic rings. The van der Waals surface area contributed by atoms with Gasteiger partial charge in [-0.2, -0.15) is 8.78 Å². The van der Waals surface area contributed by atoms with Crippen LogP contribution < -0.4 is 24.3 Å². The summed E-state index contributed by atoms with van der Waals surface area (Å²) in [5, 5.41) is 3.19. The lowest BCUT2D eigenvalue weighted by atomic mass is 10.1. The SMILES string of the molecule is COc1cc(CNCc2ccccc2OC(F)F)cc(OC)c1OC. The fourth-order valence-corrected chi connectivity index (χ4v) is 2.44. The van der Waals surface area contributed by atoms with E-state index in [0.717, 1.165) is 5.56 Å². The second-order valence-electron chi connectivity index (χ2n) is 5.12. The van der Waals surface area contributed by atoms with Crippen molar-refractivity contribution in [2.45, 2.75) is 19.7 Å². The van der Waals surface area contributed by atoms with Crippen LogP contribution in [0.4, 0.5) is 8.78 Å². The fourth-order valence-electron chi connectivity index (χ4n) is 2.44. The summed E-state index contributed by atoms with van der Waals surface area (Å²) in [6.07, 6.45) is 0. The van der Waals surface area contributed by atoms with Crippen LogP contribution >= 0.6 is 0 Å². The average Bonchev–Trinajstić information content (AvgIpc) is 2.61. The van der Waals surface area contributed by atoms with Crippen molar-refractivity contribution in [2.24, 2.45) is 0 Å². The molecule has 0 aromatic heterocycles. The summed E-state index contributed by atoms with van der Waals surface area (Å²) >= 11 is 0. The van der Waals surface area contributed by atoms with Crippen molar-refractivity contribution >= 4 is 0 Å². The average molecular weight is 353 g/mol. The predicted molar refractivity (Wildman–Crippen MR) is 89.7 cm³/mol. The number of nitrogens with one attached hydrogen (secondary N) is 1. The molecule has 0 atom stereocenters. The molecular weight excluding hydrogens is 332 g/mol. The summed E-state index contributed by atoms with van der Waals surface area (Å²) < 4.78 is 45.3. The first-order chi connectivity index (χ1) is 12.1. The summed E-state index contributed by atoms with van der Waals surface area (Å²) in [6, 6.07) is 10.3. The first-order valence-corrected chi connectivity index (χ1v) is 7.61.